The largest absolute Gasteiger partial charge is 0.350 e. The van der Waals surface area contributed by atoms with E-state index in [9.17, 15) is 4.79 Å². The third-order valence-corrected chi connectivity index (χ3v) is 4.32. The second-order valence-electron chi connectivity index (χ2n) is 5.65. The molecule has 0 saturated heterocycles. The van der Waals surface area contributed by atoms with Crippen molar-refractivity contribution in [2.45, 2.75) is 32.5 Å². The monoisotopic (exact) mass is 283 g/mol. The van der Waals surface area contributed by atoms with Crippen molar-refractivity contribution in [3.63, 3.8) is 0 Å². The summed E-state index contributed by atoms with van der Waals surface area (Å²) >= 11 is 0. The van der Waals surface area contributed by atoms with Crippen molar-refractivity contribution in [3.05, 3.63) is 58.9 Å². The molecular weight excluding hydrogens is 262 g/mol. The van der Waals surface area contributed by atoms with E-state index in [4.69, 9.17) is 0 Å². The van der Waals surface area contributed by atoms with Gasteiger partial charge in [0.2, 0.25) is 5.91 Å². The Morgan fingerprint density at radius 2 is 2.05 bits per heavy atom. The number of amides is 1. The number of fused-ring (bicyclic) bond motifs is 1. The van der Waals surface area contributed by atoms with Crippen molar-refractivity contribution in [3.8, 4) is 0 Å². The van der Waals surface area contributed by atoms with Crippen LogP contribution in [0.4, 0.5) is 0 Å². The molecule has 1 aromatic heterocycles. The minimum absolute atomic E-state index is 0.0726. The Kier molecular flexibility index (Phi) is 3.80. The predicted octanol–water partition coefficient (Wildman–Crippen LogP) is 1.66. The van der Waals surface area contributed by atoms with Crippen LogP contribution >= 0.6 is 0 Å². The molecule has 2 N–H and O–H groups in total. The van der Waals surface area contributed by atoms with Gasteiger partial charge in [0.15, 0.2) is 0 Å². The summed E-state index contributed by atoms with van der Waals surface area (Å²) in [5.74, 6) is 0.0726. The second kappa shape index (κ2) is 5.74. The summed E-state index contributed by atoms with van der Waals surface area (Å²) in [7, 11) is 2.02. The number of aryl methyl sites for hydroxylation is 1. The number of hydrogen-bond donors (Lipinski definition) is 2. The highest BCUT2D eigenvalue weighted by Crippen LogP contribution is 2.16. The molecule has 4 heteroatoms. The smallest absolute Gasteiger partial charge is 0.237 e. The van der Waals surface area contributed by atoms with E-state index >= 15 is 0 Å². The van der Waals surface area contributed by atoms with Crippen LogP contribution in [0.3, 0.4) is 0 Å². The van der Waals surface area contributed by atoms with Gasteiger partial charge in [0.25, 0.3) is 0 Å². The molecule has 0 radical (unpaired) electrons. The molecule has 0 unspecified atom stereocenters. The van der Waals surface area contributed by atoms with Crippen LogP contribution in [0.25, 0.3) is 0 Å². The lowest BCUT2D eigenvalue weighted by atomic mass is 9.95. The van der Waals surface area contributed by atoms with Gasteiger partial charge in [0, 0.05) is 25.0 Å². The lowest BCUT2D eigenvalue weighted by Crippen LogP contribution is -2.47. The SMILES string of the molecule is Cc1ccc(CNC(=O)[C@@H]2Cc3ccccc3CN2)n1C. The van der Waals surface area contributed by atoms with Crippen molar-refractivity contribution in [1.29, 1.82) is 0 Å². The fourth-order valence-corrected chi connectivity index (χ4v) is 2.79. The summed E-state index contributed by atoms with van der Waals surface area (Å²) in [5, 5.41) is 6.34. The number of benzene rings is 1. The molecule has 1 aliphatic rings. The molecule has 110 valence electrons. The fourth-order valence-electron chi connectivity index (χ4n) is 2.79. The summed E-state index contributed by atoms with van der Waals surface area (Å²) in [6.07, 6.45) is 0.758. The Hall–Kier alpha value is -2.07. The van der Waals surface area contributed by atoms with E-state index in [0.717, 1.165) is 18.7 Å². The molecule has 1 atom stereocenters. The Morgan fingerprint density at radius 1 is 1.29 bits per heavy atom. The molecule has 0 bridgehead atoms. The minimum Gasteiger partial charge on any atom is -0.350 e. The number of carbonyl (C=O) groups excluding carboxylic acids is 1. The molecule has 0 saturated carbocycles. The standard InChI is InChI=1S/C17H21N3O/c1-12-7-8-15(20(12)2)11-19-17(21)16-9-13-5-3-4-6-14(13)10-18-16/h3-8,16,18H,9-11H2,1-2H3,(H,19,21)/t16-/m0/s1. The molecule has 2 heterocycles. The fraction of sp³-hybridized carbons (Fsp3) is 0.353. The van der Waals surface area contributed by atoms with Crippen molar-refractivity contribution in [1.82, 2.24) is 15.2 Å². The Balaban J connectivity index is 1.61. The van der Waals surface area contributed by atoms with Crippen molar-refractivity contribution in [2.75, 3.05) is 0 Å². The minimum atomic E-state index is -0.138. The van der Waals surface area contributed by atoms with Crippen LogP contribution in [0.2, 0.25) is 0 Å². The maximum Gasteiger partial charge on any atom is 0.237 e. The highest BCUT2D eigenvalue weighted by molar-refractivity contribution is 5.82. The molecule has 0 aliphatic carbocycles. The van der Waals surface area contributed by atoms with Gasteiger partial charge in [0.05, 0.1) is 12.6 Å². The molecule has 2 aromatic rings. The Labute approximate surface area is 125 Å². The average molecular weight is 283 g/mol. The highest BCUT2D eigenvalue weighted by atomic mass is 16.2. The van der Waals surface area contributed by atoms with E-state index in [1.807, 2.05) is 19.2 Å². The van der Waals surface area contributed by atoms with Gasteiger partial charge in [-0.2, -0.15) is 0 Å². The van der Waals surface area contributed by atoms with Crippen LogP contribution in [0, 0.1) is 6.92 Å². The molecule has 1 aromatic carbocycles. The first-order valence-electron chi connectivity index (χ1n) is 7.34. The summed E-state index contributed by atoms with van der Waals surface area (Å²) in [4.78, 5) is 12.3. The van der Waals surface area contributed by atoms with E-state index in [1.165, 1.54) is 16.8 Å². The van der Waals surface area contributed by atoms with Gasteiger partial charge in [-0.05, 0) is 36.6 Å². The van der Waals surface area contributed by atoms with Crippen LogP contribution < -0.4 is 10.6 Å². The van der Waals surface area contributed by atoms with Gasteiger partial charge in [-0.15, -0.1) is 0 Å². The third-order valence-electron chi connectivity index (χ3n) is 4.32. The number of nitrogens with zero attached hydrogens (tertiary/aromatic N) is 1. The second-order valence-corrected chi connectivity index (χ2v) is 5.65. The molecule has 0 spiro atoms. The van der Waals surface area contributed by atoms with E-state index in [1.54, 1.807) is 0 Å². The zero-order valence-corrected chi connectivity index (χ0v) is 12.5. The number of carbonyl (C=O) groups is 1. The normalized spacial score (nSPS) is 17.3. The van der Waals surface area contributed by atoms with Gasteiger partial charge in [-0.3, -0.25) is 4.79 Å². The van der Waals surface area contributed by atoms with E-state index < -0.39 is 0 Å². The summed E-state index contributed by atoms with van der Waals surface area (Å²) in [6, 6.07) is 12.3. The van der Waals surface area contributed by atoms with Crippen molar-refractivity contribution < 1.29 is 4.79 Å². The van der Waals surface area contributed by atoms with Crippen molar-refractivity contribution in [2.24, 2.45) is 7.05 Å². The van der Waals surface area contributed by atoms with Gasteiger partial charge in [-0.1, -0.05) is 24.3 Å². The maximum atomic E-state index is 12.3. The van der Waals surface area contributed by atoms with Gasteiger partial charge in [0.1, 0.15) is 0 Å². The maximum absolute atomic E-state index is 12.3. The van der Waals surface area contributed by atoms with Crippen molar-refractivity contribution >= 4 is 5.91 Å². The van der Waals surface area contributed by atoms with E-state index in [2.05, 4.69) is 46.4 Å². The number of nitrogens with one attached hydrogen (secondary N) is 2. The molecule has 4 nitrogen and oxygen atoms in total. The molecule has 21 heavy (non-hydrogen) atoms. The van der Waals surface area contributed by atoms with Gasteiger partial charge in [-0.25, -0.2) is 0 Å². The summed E-state index contributed by atoms with van der Waals surface area (Å²) in [5.41, 5.74) is 4.88. The van der Waals surface area contributed by atoms with Crippen LogP contribution in [-0.2, 0) is 31.4 Å². The summed E-state index contributed by atoms with van der Waals surface area (Å²) < 4.78 is 2.10. The number of aromatic nitrogens is 1. The quantitative estimate of drug-likeness (QED) is 0.900. The Bertz CT molecular complexity index is 660. The number of rotatable bonds is 3. The molecule has 1 amide bonds. The van der Waals surface area contributed by atoms with Crippen LogP contribution in [-0.4, -0.2) is 16.5 Å². The average Bonchev–Trinajstić information content (AvgIpc) is 2.84. The Morgan fingerprint density at radius 3 is 2.76 bits per heavy atom. The summed E-state index contributed by atoms with van der Waals surface area (Å²) in [6.45, 7) is 3.39. The van der Waals surface area contributed by atoms with Crippen LogP contribution in [0.15, 0.2) is 36.4 Å². The van der Waals surface area contributed by atoms with E-state index in [-0.39, 0.29) is 11.9 Å². The predicted molar refractivity (Wildman–Crippen MR) is 82.8 cm³/mol. The zero-order chi connectivity index (χ0) is 14.8. The number of hydrogen-bond acceptors (Lipinski definition) is 2. The van der Waals surface area contributed by atoms with Crippen LogP contribution in [0.5, 0.6) is 0 Å². The van der Waals surface area contributed by atoms with Crippen LogP contribution in [0.1, 0.15) is 22.5 Å². The molecular formula is C17H21N3O. The third kappa shape index (κ3) is 2.85. The highest BCUT2D eigenvalue weighted by Gasteiger charge is 2.23. The molecule has 1 aliphatic heterocycles. The van der Waals surface area contributed by atoms with E-state index in [0.29, 0.717) is 6.54 Å². The first-order valence-corrected chi connectivity index (χ1v) is 7.34. The lowest BCUT2D eigenvalue weighted by molar-refractivity contribution is -0.123. The topological polar surface area (TPSA) is 46.1 Å². The van der Waals surface area contributed by atoms with Gasteiger partial charge < -0.3 is 15.2 Å². The first-order chi connectivity index (χ1) is 10.1. The lowest BCUT2D eigenvalue weighted by Gasteiger charge is -2.25. The molecule has 3 rings (SSSR count). The van der Waals surface area contributed by atoms with Gasteiger partial charge >= 0.3 is 0 Å². The molecule has 0 fully saturated rings. The first kappa shape index (κ1) is 13.9. The zero-order valence-electron chi connectivity index (χ0n) is 12.5.